The summed E-state index contributed by atoms with van der Waals surface area (Å²) in [5, 5.41) is 5.66. The monoisotopic (exact) mass is 357 g/mol. The minimum absolute atomic E-state index is 0.0866. The van der Waals surface area contributed by atoms with Crippen molar-refractivity contribution < 1.29 is 14.4 Å². The summed E-state index contributed by atoms with van der Waals surface area (Å²) in [6.07, 6.45) is 3.54. The highest BCUT2D eigenvalue weighted by atomic mass is 16.2. The molecule has 1 spiro atoms. The SMILES string of the molecule is CC(C)c1cccc(NC(=O)CN2C(=O)N[C@@]3(CCCC[C@@H]3C)C2=O)c1. The number of carbonyl (C=O) groups is 3. The standard InChI is InChI=1S/C20H27N3O3/c1-13(2)15-8-6-9-16(11-15)21-17(24)12-23-18(25)20(22-19(23)26)10-5-4-7-14(20)3/h6,8-9,11,13-14H,4-5,7,10,12H2,1-3H3,(H,21,24)(H,22,26)/t14-,20+/m0/s1. The van der Waals surface area contributed by atoms with Crippen molar-refractivity contribution in [3.05, 3.63) is 29.8 Å². The quantitative estimate of drug-likeness (QED) is 0.812. The van der Waals surface area contributed by atoms with E-state index in [-0.39, 0.29) is 24.3 Å². The van der Waals surface area contributed by atoms with Gasteiger partial charge in [0.15, 0.2) is 0 Å². The van der Waals surface area contributed by atoms with Crippen molar-refractivity contribution in [3.63, 3.8) is 0 Å². The molecule has 1 heterocycles. The summed E-state index contributed by atoms with van der Waals surface area (Å²) in [4.78, 5) is 38.7. The summed E-state index contributed by atoms with van der Waals surface area (Å²) >= 11 is 0. The third kappa shape index (κ3) is 3.32. The molecule has 3 rings (SSSR count). The van der Waals surface area contributed by atoms with Crippen LogP contribution in [0.25, 0.3) is 0 Å². The van der Waals surface area contributed by atoms with Gasteiger partial charge in [0.2, 0.25) is 5.91 Å². The second-order valence-electron chi connectivity index (χ2n) is 7.77. The number of benzene rings is 1. The van der Waals surface area contributed by atoms with Gasteiger partial charge in [-0.25, -0.2) is 4.79 Å². The van der Waals surface area contributed by atoms with Crippen LogP contribution in [0.15, 0.2) is 24.3 Å². The average molecular weight is 357 g/mol. The molecule has 2 atom stereocenters. The van der Waals surface area contributed by atoms with Crippen LogP contribution in [0, 0.1) is 5.92 Å². The summed E-state index contributed by atoms with van der Waals surface area (Å²) in [5.74, 6) is -0.190. The largest absolute Gasteiger partial charge is 0.325 e. The summed E-state index contributed by atoms with van der Waals surface area (Å²) in [6.45, 7) is 5.90. The fourth-order valence-electron chi connectivity index (χ4n) is 3.96. The smallest absolute Gasteiger partial charge is 0.325 e. The summed E-state index contributed by atoms with van der Waals surface area (Å²) in [6, 6.07) is 7.15. The van der Waals surface area contributed by atoms with Crippen LogP contribution in [-0.2, 0) is 9.59 Å². The lowest BCUT2D eigenvalue weighted by molar-refractivity contribution is -0.136. The van der Waals surface area contributed by atoms with Crippen molar-refractivity contribution in [2.45, 2.75) is 57.9 Å². The molecule has 1 aliphatic heterocycles. The zero-order chi connectivity index (χ0) is 18.9. The maximum atomic E-state index is 12.9. The Bertz CT molecular complexity index is 731. The summed E-state index contributed by atoms with van der Waals surface area (Å²) < 4.78 is 0. The number of rotatable bonds is 4. The number of nitrogens with one attached hydrogen (secondary N) is 2. The first-order valence-corrected chi connectivity index (χ1v) is 9.37. The van der Waals surface area contributed by atoms with Gasteiger partial charge >= 0.3 is 6.03 Å². The Morgan fingerprint density at radius 3 is 2.81 bits per heavy atom. The van der Waals surface area contributed by atoms with Crippen molar-refractivity contribution in [1.29, 1.82) is 0 Å². The third-order valence-corrected chi connectivity index (χ3v) is 5.64. The van der Waals surface area contributed by atoms with E-state index in [1.807, 2.05) is 25.1 Å². The van der Waals surface area contributed by atoms with E-state index in [9.17, 15) is 14.4 Å². The zero-order valence-corrected chi connectivity index (χ0v) is 15.7. The molecule has 2 fully saturated rings. The van der Waals surface area contributed by atoms with Gasteiger partial charge in [-0.15, -0.1) is 0 Å². The molecule has 1 aliphatic carbocycles. The Balaban J connectivity index is 1.68. The fraction of sp³-hybridized carbons (Fsp3) is 0.550. The van der Waals surface area contributed by atoms with E-state index in [0.717, 1.165) is 29.7 Å². The molecule has 2 aliphatic rings. The molecule has 1 saturated heterocycles. The predicted molar refractivity (Wildman–Crippen MR) is 99.8 cm³/mol. The van der Waals surface area contributed by atoms with Gasteiger partial charge in [-0.3, -0.25) is 14.5 Å². The molecule has 2 N–H and O–H groups in total. The van der Waals surface area contributed by atoms with Gasteiger partial charge in [-0.05, 0) is 42.4 Å². The molecule has 1 saturated carbocycles. The van der Waals surface area contributed by atoms with E-state index in [1.54, 1.807) is 6.07 Å². The number of imide groups is 1. The highest BCUT2D eigenvalue weighted by molar-refractivity contribution is 6.10. The predicted octanol–water partition coefficient (Wildman–Crippen LogP) is 3.25. The molecule has 1 aromatic carbocycles. The van der Waals surface area contributed by atoms with E-state index in [4.69, 9.17) is 0 Å². The highest BCUT2D eigenvalue weighted by Gasteiger charge is 2.55. The molecular weight excluding hydrogens is 330 g/mol. The molecule has 0 aromatic heterocycles. The Morgan fingerprint density at radius 1 is 1.35 bits per heavy atom. The first kappa shape index (κ1) is 18.4. The van der Waals surface area contributed by atoms with E-state index < -0.39 is 11.6 Å². The van der Waals surface area contributed by atoms with Gasteiger partial charge in [-0.2, -0.15) is 0 Å². The number of carbonyl (C=O) groups excluding carboxylic acids is 3. The Morgan fingerprint density at radius 2 is 2.12 bits per heavy atom. The third-order valence-electron chi connectivity index (χ3n) is 5.64. The van der Waals surface area contributed by atoms with Crippen LogP contribution in [-0.4, -0.2) is 34.8 Å². The second-order valence-corrected chi connectivity index (χ2v) is 7.77. The first-order chi connectivity index (χ1) is 12.3. The van der Waals surface area contributed by atoms with Gasteiger partial charge in [-0.1, -0.05) is 45.7 Å². The number of amides is 4. The van der Waals surface area contributed by atoms with Crippen LogP contribution >= 0.6 is 0 Å². The van der Waals surface area contributed by atoms with E-state index in [2.05, 4.69) is 24.5 Å². The van der Waals surface area contributed by atoms with Gasteiger partial charge in [0, 0.05) is 5.69 Å². The maximum Gasteiger partial charge on any atom is 0.325 e. The topological polar surface area (TPSA) is 78.5 Å². The minimum atomic E-state index is -0.826. The van der Waals surface area contributed by atoms with Crippen molar-refractivity contribution in [1.82, 2.24) is 10.2 Å². The molecular formula is C20H27N3O3. The van der Waals surface area contributed by atoms with Crippen molar-refractivity contribution in [2.24, 2.45) is 5.92 Å². The molecule has 0 bridgehead atoms. The lowest BCUT2D eigenvalue weighted by Crippen LogP contribution is -2.54. The number of hydrogen-bond donors (Lipinski definition) is 2. The van der Waals surface area contributed by atoms with Crippen LogP contribution in [0.4, 0.5) is 10.5 Å². The van der Waals surface area contributed by atoms with E-state index >= 15 is 0 Å². The number of hydrogen-bond acceptors (Lipinski definition) is 3. The van der Waals surface area contributed by atoms with Gasteiger partial charge in [0.1, 0.15) is 12.1 Å². The normalized spacial score (nSPS) is 25.7. The molecule has 140 valence electrons. The fourth-order valence-corrected chi connectivity index (χ4v) is 3.96. The van der Waals surface area contributed by atoms with E-state index in [1.165, 1.54) is 0 Å². The Kier molecular flexibility index (Phi) is 5.03. The lowest BCUT2D eigenvalue weighted by Gasteiger charge is -2.36. The minimum Gasteiger partial charge on any atom is -0.325 e. The molecule has 6 nitrogen and oxygen atoms in total. The molecule has 26 heavy (non-hydrogen) atoms. The number of urea groups is 1. The van der Waals surface area contributed by atoms with Crippen molar-refractivity contribution >= 4 is 23.5 Å². The van der Waals surface area contributed by atoms with Crippen LogP contribution < -0.4 is 10.6 Å². The van der Waals surface area contributed by atoms with Crippen LogP contribution in [0.1, 0.15) is 57.9 Å². The maximum absolute atomic E-state index is 12.9. The van der Waals surface area contributed by atoms with Crippen LogP contribution in [0.2, 0.25) is 0 Å². The molecule has 1 aromatic rings. The van der Waals surface area contributed by atoms with E-state index in [0.29, 0.717) is 18.0 Å². The first-order valence-electron chi connectivity index (χ1n) is 9.37. The molecule has 6 heteroatoms. The summed E-state index contributed by atoms with van der Waals surface area (Å²) in [7, 11) is 0. The molecule has 0 radical (unpaired) electrons. The van der Waals surface area contributed by atoms with Crippen LogP contribution in [0.3, 0.4) is 0 Å². The zero-order valence-electron chi connectivity index (χ0n) is 15.7. The van der Waals surface area contributed by atoms with Gasteiger partial charge in [0.25, 0.3) is 5.91 Å². The van der Waals surface area contributed by atoms with Crippen molar-refractivity contribution in [3.8, 4) is 0 Å². The second kappa shape index (κ2) is 7.09. The van der Waals surface area contributed by atoms with Gasteiger partial charge in [0.05, 0.1) is 0 Å². The summed E-state index contributed by atoms with van der Waals surface area (Å²) in [5.41, 5.74) is 0.967. The molecule has 4 amide bonds. The van der Waals surface area contributed by atoms with Gasteiger partial charge < -0.3 is 10.6 Å². The lowest BCUT2D eigenvalue weighted by atomic mass is 9.73. The Hall–Kier alpha value is -2.37. The van der Waals surface area contributed by atoms with Crippen molar-refractivity contribution in [2.75, 3.05) is 11.9 Å². The number of nitrogens with zero attached hydrogens (tertiary/aromatic N) is 1. The number of anilines is 1. The molecule has 0 unspecified atom stereocenters. The average Bonchev–Trinajstić information content (AvgIpc) is 2.83. The highest BCUT2D eigenvalue weighted by Crippen LogP contribution is 2.38. The Labute approximate surface area is 154 Å². The van der Waals surface area contributed by atoms with Crippen LogP contribution in [0.5, 0.6) is 0 Å².